The maximum absolute atomic E-state index is 12.8. The lowest BCUT2D eigenvalue weighted by Gasteiger charge is -2.37. The molecule has 0 aromatic heterocycles. The van der Waals surface area contributed by atoms with E-state index in [1.165, 1.54) is 12.1 Å². The highest BCUT2D eigenvalue weighted by atomic mass is 19.1. The number of aliphatic hydroxyl groups is 1. The summed E-state index contributed by atoms with van der Waals surface area (Å²) in [6, 6.07) is 6.57. The summed E-state index contributed by atoms with van der Waals surface area (Å²) in [5, 5.41) is 10.00. The summed E-state index contributed by atoms with van der Waals surface area (Å²) in [7, 11) is 0. The molecule has 4 heteroatoms. The van der Waals surface area contributed by atoms with Crippen LogP contribution in [0.4, 0.5) is 4.39 Å². The van der Waals surface area contributed by atoms with E-state index in [9.17, 15) is 9.50 Å². The lowest BCUT2D eigenvalue weighted by atomic mass is 9.91. The zero-order valence-electron chi connectivity index (χ0n) is 9.90. The molecule has 0 atom stereocenters. The van der Waals surface area contributed by atoms with Crippen LogP contribution in [0.15, 0.2) is 24.3 Å². The normalized spacial score (nSPS) is 20.4. The number of nitrogens with zero attached hydrogens (tertiary/aromatic N) is 1. The Morgan fingerprint density at radius 3 is 2.35 bits per heavy atom. The predicted molar refractivity (Wildman–Crippen MR) is 64.9 cm³/mol. The standard InChI is InChI=1S/C13H19FN2O/c14-12-3-1-11(2-4-12)9-16-7-5-13(17,10-15)6-8-16/h1-4,17H,5-10,15H2. The number of piperidine rings is 1. The molecule has 0 aliphatic carbocycles. The molecular weight excluding hydrogens is 219 g/mol. The number of hydrogen-bond acceptors (Lipinski definition) is 3. The first-order valence-electron chi connectivity index (χ1n) is 6.01. The van der Waals surface area contributed by atoms with E-state index >= 15 is 0 Å². The van der Waals surface area contributed by atoms with Crippen molar-refractivity contribution in [2.24, 2.45) is 5.73 Å². The highest BCUT2D eigenvalue weighted by Crippen LogP contribution is 2.22. The van der Waals surface area contributed by atoms with Gasteiger partial charge in [-0.15, -0.1) is 0 Å². The van der Waals surface area contributed by atoms with Crippen molar-refractivity contribution < 1.29 is 9.50 Å². The van der Waals surface area contributed by atoms with Crippen molar-refractivity contribution >= 4 is 0 Å². The third kappa shape index (κ3) is 3.25. The minimum atomic E-state index is -0.681. The highest BCUT2D eigenvalue weighted by molar-refractivity contribution is 5.16. The third-order valence-corrected chi connectivity index (χ3v) is 3.49. The molecule has 0 radical (unpaired) electrons. The third-order valence-electron chi connectivity index (χ3n) is 3.49. The van der Waals surface area contributed by atoms with E-state index in [-0.39, 0.29) is 5.82 Å². The first-order chi connectivity index (χ1) is 8.11. The van der Waals surface area contributed by atoms with Crippen LogP contribution < -0.4 is 5.73 Å². The fourth-order valence-corrected chi connectivity index (χ4v) is 2.18. The first-order valence-corrected chi connectivity index (χ1v) is 6.01. The van der Waals surface area contributed by atoms with Gasteiger partial charge in [0.1, 0.15) is 5.82 Å². The van der Waals surface area contributed by atoms with Crippen LogP contribution >= 0.6 is 0 Å². The van der Waals surface area contributed by atoms with Gasteiger partial charge in [-0.1, -0.05) is 12.1 Å². The Morgan fingerprint density at radius 2 is 1.82 bits per heavy atom. The van der Waals surface area contributed by atoms with Crippen LogP contribution in [-0.2, 0) is 6.54 Å². The van der Waals surface area contributed by atoms with Crippen LogP contribution in [-0.4, -0.2) is 35.2 Å². The molecule has 2 rings (SSSR count). The largest absolute Gasteiger partial charge is 0.388 e. The van der Waals surface area contributed by atoms with Crippen molar-refractivity contribution in [3.63, 3.8) is 0 Å². The molecule has 0 bridgehead atoms. The van der Waals surface area contributed by atoms with Crippen LogP contribution in [0.25, 0.3) is 0 Å². The minimum Gasteiger partial charge on any atom is -0.388 e. The van der Waals surface area contributed by atoms with Crippen LogP contribution in [0.1, 0.15) is 18.4 Å². The zero-order chi connectivity index (χ0) is 12.3. The Labute approximate surface area is 101 Å². The molecule has 0 saturated carbocycles. The monoisotopic (exact) mass is 238 g/mol. The molecule has 94 valence electrons. The lowest BCUT2D eigenvalue weighted by molar-refractivity contribution is -0.0153. The van der Waals surface area contributed by atoms with Gasteiger partial charge in [-0.25, -0.2) is 4.39 Å². The number of nitrogens with two attached hydrogens (primary N) is 1. The molecule has 1 aliphatic rings. The van der Waals surface area contributed by atoms with Crippen molar-refractivity contribution in [1.29, 1.82) is 0 Å². The van der Waals surface area contributed by atoms with Gasteiger partial charge in [-0.05, 0) is 30.5 Å². The molecule has 1 aromatic rings. The lowest BCUT2D eigenvalue weighted by Crippen LogP contribution is -2.48. The van der Waals surface area contributed by atoms with E-state index < -0.39 is 5.60 Å². The van der Waals surface area contributed by atoms with E-state index in [0.717, 1.165) is 25.2 Å². The Balaban J connectivity index is 1.88. The SMILES string of the molecule is NCC1(O)CCN(Cc2ccc(F)cc2)CC1. The molecule has 0 amide bonds. The van der Waals surface area contributed by atoms with Crippen molar-refractivity contribution in [3.8, 4) is 0 Å². The molecule has 17 heavy (non-hydrogen) atoms. The summed E-state index contributed by atoms with van der Waals surface area (Å²) >= 11 is 0. The molecule has 0 spiro atoms. The van der Waals surface area contributed by atoms with Gasteiger partial charge >= 0.3 is 0 Å². The van der Waals surface area contributed by atoms with E-state index in [2.05, 4.69) is 4.90 Å². The summed E-state index contributed by atoms with van der Waals surface area (Å²) in [6.45, 7) is 2.81. The van der Waals surface area contributed by atoms with Crippen molar-refractivity contribution in [3.05, 3.63) is 35.6 Å². The second kappa shape index (κ2) is 5.12. The first kappa shape index (κ1) is 12.5. The number of likely N-dealkylation sites (tertiary alicyclic amines) is 1. The number of hydrogen-bond donors (Lipinski definition) is 2. The smallest absolute Gasteiger partial charge is 0.123 e. The Hall–Kier alpha value is -0.970. The van der Waals surface area contributed by atoms with Crippen LogP contribution in [0, 0.1) is 5.82 Å². The molecule has 3 nitrogen and oxygen atoms in total. The number of rotatable bonds is 3. The van der Waals surface area contributed by atoms with Gasteiger partial charge in [-0.3, -0.25) is 4.90 Å². The quantitative estimate of drug-likeness (QED) is 0.829. The average Bonchev–Trinajstić information content (AvgIpc) is 2.35. The number of halogens is 1. The van der Waals surface area contributed by atoms with E-state index in [0.29, 0.717) is 19.4 Å². The van der Waals surface area contributed by atoms with Crippen LogP contribution in [0.5, 0.6) is 0 Å². The Bertz CT molecular complexity index is 358. The predicted octanol–water partition coefficient (Wildman–Crippen LogP) is 1.11. The summed E-state index contributed by atoms with van der Waals surface area (Å²) in [4.78, 5) is 2.26. The van der Waals surface area contributed by atoms with Gasteiger partial charge in [0, 0.05) is 26.2 Å². The average molecular weight is 238 g/mol. The van der Waals surface area contributed by atoms with E-state index in [1.54, 1.807) is 12.1 Å². The molecule has 1 heterocycles. The van der Waals surface area contributed by atoms with E-state index in [4.69, 9.17) is 5.73 Å². The molecule has 1 aromatic carbocycles. The molecular formula is C13H19FN2O. The summed E-state index contributed by atoms with van der Waals surface area (Å²) in [5.74, 6) is -0.204. The topological polar surface area (TPSA) is 49.5 Å². The second-order valence-corrected chi connectivity index (χ2v) is 4.83. The van der Waals surface area contributed by atoms with Crippen LogP contribution in [0.2, 0.25) is 0 Å². The van der Waals surface area contributed by atoms with Gasteiger partial charge in [0.15, 0.2) is 0 Å². The van der Waals surface area contributed by atoms with Gasteiger partial charge in [0.2, 0.25) is 0 Å². The summed E-state index contributed by atoms with van der Waals surface area (Å²) in [5.41, 5.74) is 5.96. The van der Waals surface area contributed by atoms with Crippen LogP contribution in [0.3, 0.4) is 0 Å². The molecule has 1 aliphatic heterocycles. The maximum atomic E-state index is 12.8. The molecule has 1 saturated heterocycles. The fraction of sp³-hybridized carbons (Fsp3) is 0.538. The fourth-order valence-electron chi connectivity index (χ4n) is 2.18. The van der Waals surface area contributed by atoms with Crippen molar-refractivity contribution in [1.82, 2.24) is 4.90 Å². The summed E-state index contributed by atoms with van der Waals surface area (Å²) in [6.07, 6.45) is 1.43. The molecule has 3 N–H and O–H groups in total. The summed E-state index contributed by atoms with van der Waals surface area (Å²) < 4.78 is 12.8. The Morgan fingerprint density at radius 1 is 1.24 bits per heavy atom. The van der Waals surface area contributed by atoms with Gasteiger partial charge in [-0.2, -0.15) is 0 Å². The molecule has 1 fully saturated rings. The van der Waals surface area contributed by atoms with E-state index in [1.807, 2.05) is 0 Å². The second-order valence-electron chi connectivity index (χ2n) is 4.83. The molecule has 0 unspecified atom stereocenters. The van der Waals surface area contributed by atoms with Crippen molar-refractivity contribution in [2.45, 2.75) is 25.0 Å². The van der Waals surface area contributed by atoms with Gasteiger partial charge < -0.3 is 10.8 Å². The van der Waals surface area contributed by atoms with Gasteiger partial charge in [0.05, 0.1) is 5.60 Å². The Kier molecular flexibility index (Phi) is 3.76. The van der Waals surface area contributed by atoms with Gasteiger partial charge in [0.25, 0.3) is 0 Å². The number of benzene rings is 1. The minimum absolute atomic E-state index is 0.204. The highest BCUT2D eigenvalue weighted by Gasteiger charge is 2.30. The van der Waals surface area contributed by atoms with Crippen molar-refractivity contribution in [2.75, 3.05) is 19.6 Å². The zero-order valence-corrected chi connectivity index (χ0v) is 9.90. The maximum Gasteiger partial charge on any atom is 0.123 e.